The molecule has 0 saturated carbocycles. The fourth-order valence-electron chi connectivity index (χ4n) is 1.98. The SMILES string of the molecule is CC(C)(C)S(=O)NC(c1cncc(Br)c1)C(F)(F)F.CO.Cl.NC(c1cncc(Br)c1)C(F)(F)F. The first-order valence-electron chi connectivity index (χ1n) is 9.15. The van der Waals surface area contributed by atoms with Gasteiger partial charge in [-0.2, -0.15) is 26.3 Å². The van der Waals surface area contributed by atoms with Crippen LogP contribution in [0.15, 0.2) is 45.9 Å². The zero-order valence-corrected chi connectivity index (χ0v) is 23.6. The van der Waals surface area contributed by atoms with Gasteiger partial charge in [-0.15, -0.1) is 12.4 Å². The number of nitrogens with one attached hydrogen (secondary N) is 1. The number of hydrogen-bond donors (Lipinski definition) is 3. The Morgan fingerprint density at radius 3 is 1.63 bits per heavy atom. The molecule has 0 radical (unpaired) electrons. The van der Waals surface area contributed by atoms with Crippen LogP contribution in [0.1, 0.15) is 44.0 Å². The highest BCUT2D eigenvalue weighted by Gasteiger charge is 2.43. The summed E-state index contributed by atoms with van der Waals surface area (Å²) in [7, 11) is -0.834. The second-order valence-corrected chi connectivity index (χ2v) is 11.2. The topological polar surface area (TPSA) is 101 Å². The van der Waals surface area contributed by atoms with E-state index in [2.05, 4.69) is 46.5 Å². The molecule has 0 spiro atoms. The molecule has 3 unspecified atom stereocenters. The first kappa shape index (κ1) is 36.3. The van der Waals surface area contributed by atoms with Crippen molar-refractivity contribution < 1.29 is 35.7 Å². The molecule has 3 atom stereocenters. The smallest absolute Gasteiger partial charge is 0.400 e. The van der Waals surface area contributed by atoms with E-state index in [0.29, 0.717) is 8.95 Å². The number of pyridine rings is 2. The molecule has 0 saturated heterocycles. The fraction of sp³-hybridized carbons (Fsp3) is 0.474. The molecule has 0 aliphatic rings. The quantitative estimate of drug-likeness (QED) is 0.347. The second-order valence-electron chi connectivity index (χ2n) is 7.37. The summed E-state index contributed by atoms with van der Waals surface area (Å²) in [5.74, 6) is 0. The van der Waals surface area contributed by atoms with Crippen molar-refractivity contribution >= 4 is 55.3 Å². The number of alkyl halides is 6. The second kappa shape index (κ2) is 15.4. The molecule has 0 aliphatic carbocycles. The van der Waals surface area contributed by atoms with E-state index < -0.39 is 40.2 Å². The molecule has 202 valence electrons. The summed E-state index contributed by atoms with van der Waals surface area (Å²) in [6.45, 7) is 4.80. The van der Waals surface area contributed by atoms with Crippen molar-refractivity contribution in [3.63, 3.8) is 0 Å². The molecule has 2 heterocycles. The Labute approximate surface area is 224 Å². The molecule has 35 heavy (non-hydrogen) atoms. The lowest BCUT2D eigenvalue weighted by Crippen LogP contribution is -2.41. The molecule has 0 fully saturated rings. The highest BCUT2D eigenvalue weighted by Crippen LogP contribution is 2.34. The summed E-state index contributed by atoms with van der Waals surface area (Å²) in [5, 5.41) is 7.00. The maximum atomic E-state index is 13.0. The van der Waals surface area contributed by atoms with E-state index in [1.165, 1.54) is 24.5 Å². The number of aliphatic hydroxyl groups is 1. The molecule has 0 aromatic carbocycles. The summed E-state index contributed by atoms with van der Waals surface area (Å²) in [6, 6.07) is -1.39. The van der Waals surface area contributed by atoms with Crippen molar-refractivity contribution in [2.75, 3.05) is 7.11 Å². The van der Waals surface area contributed by atoms with Gasteiger partial charge in [0.2, 0.25) is 0 Å². The Bertz CT molecular complexity index is 933. The molecular formula is C19H25Br2ClF6N4O2S. The summed E-state index contributed by atoms with van der Waals surface area (Å²) in [5.41, 5.74) is 4.82. The maximum Gasteiger partial charge on any atom is 0.408 e. The third-order valence-corrected chi connectivity index (χ3v) is 6.04. The van der Waals surface area contributed by atoms with Crippen LogP contribution in [0.4, 0.5) is 26.3 Å². The predicted molar refractivity (Wildman–Crippen MR) is 132 cm³/mol. The minimum absolute atomic E-state index is 0. The predicted octanol–water partition coefficient (Wildman–Crippen LogP) is 5.94. The van der Waals surface area contributed by atoms with Gasteiger partial charge < -0.3 is 10.8 Å². The van der Waals surface area contributed by atoms with Gasteiger partial charge in [0.25, 0.3) is 0 Å². The maximum absolute atomic E-state index is 13.0. The molecule has 0 aliphatic heterocycles. The Morgan fingerprint density at radius 2 is 1.29 bits per heavy atom. The molecule has 0 bridgehead atoms. The lowest BCUT2D eigenvalue weighted by Gasteiger charge is -2.26. The first-order valence-corrected chi connectivity index (χ1v) is 11.9. The zero-order valence-electron chi connectivity index (χ0n) is 18.8. The van der Waals surface area contributed by atoms with Crippen LogP contribution in [0.25, 0.3) is 0 Å². The number of nitrogens with two attached hydrogens (primary N) is 1. The average molecular weight is 683 g/mol. The van der Waals surface area contributed by atoms with Crippen LogP contribution >= 0.6 is 44.3 Å². The van der Waals surface area contributed by atoms with Crippen LogP contribution in [-0.2, 0) is 11.0 Å². The average Bonchev–Trinajstić information content (AvgIpc) is 2.71. The first-order chi connectivity index (χ1) is 15.4. The van der Waals surface area contributed by atoms with E-state index in [9.17, 15) is 30.6 Å². The monoisotopic (exact) mass is 680 g/mol. The number of hydrogen-bond acceptors (Lipinski definition) is 5. The minimum atomic E-state index is -4.55. The van der Waals surface area contributed by atoms with E-state index >= 15 is 0 Å². The number of rotatable bonds is 4. The highest BCUT2D eigenvalue weighted by molar-refractivity contribution is 9.10. The van der Waals surface area contributed by atoms with Gasteiger partial charge in [-0.3, -0.25) is 9.97 Å². The molecule has 16 heteroatoms. The van der Waals surface area contributed by atoms with E-state index in [-0.39, 0.29) is 23.5 Å². The molecule has 2 rings (SSSR count). The fourth-order valence-corrected chi connectivity index (χ4v) is 3.58. The van der Waals surface area contributed by atoms with E-state index in [1.54, 1.807) is 20.8 Å². The lowest BCUT2D eigenvalue weighted by atomic mass is 10.1. The Morgan fingerprint density at radius 1 is 0.886 bits per heavy atom. The lowest BCUT2D eigenvalue weighted by molar-refractivity contribution is -0.153. The van der Waals surface area contributed by atoms with Crippen molar-refractivity contribution in [2.45, 2.75) is 50.0 Å². The normalized spacial score (nSPS) is 14.2. The van der Waals surface area contributed by atoms with Crippen molar-refractivity contribution in [3.05, 3.63) is 57.0 Å². The van der Waals surface area contributed by atoms with Gasteiger partial charge in [0.05, 0.1) is 15.7 Å². The van der Waals surface area contributed by atoms with Crippen LogP contribution in [0, 0.1) is 0 Å². The van der Waals surface area contributed by atoms with Crippen molar-refractivity contribution in [1.29, 1.82) is 0 Å². The van der Waals surface area contributed by atoms with Crippen LogP contribution in [0.3, 0.4) is 0 Å². The van der Waals surface area contributed by atoms with Gasteiger partial charge in [0.1, 0.15) is 12.1 Å². The van der Waals surface area contributed by atoms with E-state index in [0.717, 1.165) is 19.5 Å². The highest BCUT2D eigenvalue weighted by atomic mass is 79.9. The van der Waals surface area contributed by atoms with Gasteiger partial charge in [-0.25, -0.2) is 8.93 Å². The van der Waals surface area contributed by atoms with Crippen LogP contribution in [0.2, 0.25) is 0 Å². The molecule has 4 N–H and O–H groups in total. The van der Waals surface area contributed by atoms with Crippen molar-refractivity contribution in [1.82, 2.24) is 14.7 Å². The molecule has 6 nitrogen and oxygen atoms in total. The number of aliphatic hydroxyl groups excluding tert-OH is 1. The van der Waals surface area contributed by atoms with Gasteiger partial charge in [0.15, 0.2) is 0 Å². The van der Waals surface area contributed by atoms with Gasteiger partial charge >= 0.3 is 12.4 Å². The summed E-state index contributed by atoms with van der Waals surface area (Å²) < 4.78 is 89.5. The Kier molecular flexibility index (Phi) is 16.0. The van der Waals surface area contributed by atoms with E-state index in [4.69, 9.17) is 10.8 Å². The Hall–Kier alpha value is -0.840. The number of halogens is 9. The standard InChI is InChI=1S/C11H14BrF3N2OS.C7H6BrF3N2.CH4O.ClH/c1-10(2,3)19(18)17-9(11(13,14)15)7-4-8(12)6-16-5-7;8-5-1-4(2-13-3-5)6(12)7(9,10)11;1-2;/h4-6,9,17H,1-3H3;1-3,6H,12H2;2H,1H3;1H. The molecular weight excluding hydrogens is 658 g/mol. The summed E-state index contributed by atoms with van der Waals surface area (Å²) in [4.78, 5) is 7.29. The van der Waals surface area contributed by atoms with E-state index in [1.807, 2.05) is 0 Å². The molecule has 2 aromatic rings. The largest absolute Gasteiger partial charge is 0.408 e. The Balaban J connectivity index is 0. The van der Waals surface area contributed by atoms with Crippen LogP contribution < -0.4 is 10.5 Å². The summed E-state index contributed by atoms with van der Waals surface area (Å²) in [6.07, 6.45) is -3.99. The third kappa shape index (κ3) is 13.3. The van der Waals surface area contributed by atoms with Crippen LogP contribution in [-0.4, -0.2) is 43.5 Å². The summed E-state index contributed by atoms with van der Waals surface area (Å²) >= 11 is 6.08. The molecule has 2 aromatic heterocycles. The van der Waals surface area contributed by atoms with Crippen molar-refractivity contribution in [3.8, 4) is 0 Å². The number of aromatic nitrogens is 2. The van der Waals surface area contributed by atoms with Gasteiger partial charge in [0, 0.05) is 40.8 Å². The molecule has 0 amide bonds. The van der Waals surface area contributed by atoms with Crippen molar-refractivity contribution in [2.24, 2.45) is 5.73 Å². The zero-order chi connectivity index (χ0) is 26.9. The van der Waals surface area contributed by atoms with Gasteiger partial charge in [-0.1, -0.05) is 0 Å². The van der Waals surface area contributed by atoms with Gasteiger partial charge in [-0.05, 0) is 75.9 Å². The number of nitrogens with zero attached hydrogens (tertiary/aromatic N) is 2. The van der Waals surface area contributed by atoms with Crippen LogP contribution in [0.5, 0.6) is 0 Å². The minimum Gasteiger partial charge on any atom is -0.400 e. The third-order valence-electron chi connectivity index (χ3n) is 3.61.